The second kappa shape index (κ2) is 3.13. The molecule has 4 heteroatoms. The van der Waals surface area contributed by atoms with Gasteiger partial charge in [-0.25, -0.2) is 4.98 Å². The molecule has 16 heavy (non-hydrogen) atoms. The average molecular weight is 211 g/mol. The van der Waals surface area contributed by atoms with Crippen LogP contribution in [0.15, 0.2) is 35.3 Å². The highest BCUT2D eigenvalue weighted by Crippen LogP contribution is 2.18. The normalized spacial score (nSPS) is 11.1. The number of hydrogen-bond donors (Lipinski definition) is 1. The molecule has 0 bridgehead atoms. The minimum atomic E-state index is -0.110. The number of H-pyrrole nitrogens is 1. The van der Waals surface area contributed by atoms with E-state index in [4.69, 9.17) is 0 Å². The van der Waals surface area contributed by atoms with Crippen molar-refractivity contribution in [3.63, 3.8) is 0 Å². The summed E-state index contributed by atoms with van der Waals surface area (Å²) in [6, 6.07) is 7.41. The van der Waals surface area contributed by atoms with Gasteiger partial charge in [0, 0.05) is 11.6 Å². The largest absolute Gasteiger partial charge is 0.310 e. The molecule has 0 spiro atoms. The average Bonchev–Trinajstić information content (AvgIpc) is 2.28. The zero-order chi connectivity index (χ0) is 11.1. The Hall–Kier alpha value is -2.23. The molecular weight excluding hydrogens is 202 g/mol. The summed E-state index contributed by atoms with van der Waals surface area (Å²) < 4.78 is 0. The zero-order valence-corrected chi connectivity index (χ0v) is 8.69. The number of nitrogens with zero attached hydrogens (tertiary/aromatic N) is 2. The molecule has 0 fully saturated rings. The van der Waals surface area contributed by atoms with Crippen molar-refractivity contribution in [3.8, 4) is 0 Å². The van der Waals surface area contributed by atoms with E-state index in [1.54, 1.807) is 13.1 Å². The van der Waals surface area contributed by atoms with E-state index in [2.05, 4.69) is 15.0 Å². The lowest BCUT2D eigenvalue weighted by atomic mass is 10.1. The third-order valence-electron chi connectivity index (χ3n) is 2.57. The highest BCUT2D eigenvalue weighted by atomic mass is 16.1. The van der Waals surface area contributed by atoms with Crippen molar-refractivity contribution >= 4 is 21.8 Å². The van der Waals surface area contributed by atoms with E-state index in [-0.39, 0.29) is 5.56 Å². The van der Waals surface area contributed by atoms with Crippen LogP contribution >= 0.6 is 0 Å². The van der Waals surface area contributed by atoms with Crippen molar-refractivity contribution in [2.45, 2.75) is 6.92 Å². The first-order chi connectivity index (χ1) is 7.75. The Morgan fingerprint density at radius 3 is 2.88 bits per heavy atom. The maximum Gasteiger partial charge on any atom is 0.259 e. The van der Waals surface area contributed by atoms with Gasteiger partial charge >= 0.3 is 0 Å². The fourth-order valence-electron chi connectivity index (χ4n) is 1.91. The van der Waals surface area contributed by atoms with Gasteiger partial charge in [-0.1, -0.05) is 6.07 Å². The summed E-state index contributed by atoms with van der Waals surface area (Å²) in [5, 5.41) is 1.45. The molecule has 2 heterocycles. The molecule has 0 aliphatic heterocycles. The van der Waals surface area contributed by atoms with Gasteiger partial charge in [-0.3, -0.25) is 9.78 Å². The molecule has 78 valence electrons. The minimum Gasteiger partial charge on any atom is -0.310 e. The number of nitrogens with one attached hydrogen (secondary N) is 1. The highest BCUT2D eigenvalue weighted by molar-refractivity contribution is 6.03. The standard InChI is InChI=1S/C12H9N3O/c1-7-14-10-5-4-9-8(3-2-6-13-9)11(10)12(16)15-7/h2-6H,1H3,(H,14,15,16). The predicted molar refractivity (Wildman–Crippen MR) is 62.4 cm³/mol. The van der Waals surface area contributed by atoms with Gasteiger partial charge in [-0.05, 0) is 25.1 Å². The summed E-state index contributed by atoms with van der Waals surface area (Å²) >= 11 is 0. The van der Waals surface area contributed by atoms with Crippen LogP contribution in [0.4, 0.5) is 0 Å². The number of aromatic nitrogens is 3. The quantitative estimate of drug-likeness (QED) is 0.576. The Morgan fingerprint density at radius 2 is 2.00 bits per heavy atom. The first-order valence-corrected chi connectivity index (χ1v) is 5.00. The molecule has 0 saturated heterocycles. The Bertz CT molecular complexity index is 746. The van der Waals surface area contributed by atoms with Crippen LogP contribution in [-0.2, 0) is 0 Å². The van der Waals surface area contributed by atoms with Crippen molar-refractivity contribution in [2.75, 3.05) is 0 Å². The number of benzene rings is 1. The van der Waals surface area contributed by atoms with E-state index in [1.807, 2.05) is 24.3 Å². The molecule has 0 unspecified atom stereocenters. The van der Waals surface area contributed by atoms with Crippen molar-refractivity contribution in [3.05, 3.63) is 46.6 Å². The lowest BCUT2D eigenvalue weighted by molar-refractivity contribution is 1.06. The van der Waals surface area contributed by atoms with E-state index < -0.39 is 0 Å². The van der Waals surface area contributed by atoms with Gasteiger partial charge < -0.3 is 4.98 Å². The molecule has 0 amide bonds. The molecule has 1 aromatic carbocycles. The number of pyridine rings is 1. The Balaban J connectivity index is 2.65. The summed E-state index contributed by atoms with van der Waals surface area (Å²) in [4.78, 5) is 23.1. The van der Waals surface area contributed by atoms with Crippen molar-refractivity contribution in [1.29, 1.82) is 0 Å². The van der Waals surface area contributed by atoms with Gasteiger partial charge in [0.15, 0.2) is 0 Å². The second-order valence-electron chi connectivity index (χ2n) is 3.68. The van der Waals surface area contributed by atoms with Crippen LogP contribution < -0.4 is 5.56 Å². The monoisotopic (exact) mass is 211 g/mol. The van der Waals surface area contributed by atoms with Gasteiger partial charge in [-0.15, -0.1) is 0 Å². The summed E-state index contributed by atoms with van der Waals surface area (Å²) in [5.74, 6) is 0.626. The smallest absolute Gasteiger partial charge is 0.259 e. The number of rotatable bonds is 0. The molecule has 0 atom stereocenters. The molecule has 0 saturated carbocycles. The first kappa shape index (κ1) is 9.03. The molecule has 0 aliphatic carbocycles. The van der Waals surface area contributed by atoms with E-state index in [1.165, 1.54) is 0 Å². The van der Waals surface area contributed by atoms with Crippen molar-refractivity contribution in [1.82, 2.24) is 15.0 Å². The first-order valence-electron chi connectivity index (χ1n) is 5.00. The number of aromatic amines is 1. The molecule has 4 nitrogen and oxygen atoms in total. The number of hydrogen-bond acceptors (Lipinski definition) is 3. The van der Waals surface area contributed by atoms with E-state index in [0.29, 0.717) is 16.7 Å². The molecule has 2 aromatic heterocycles. The summed E-state index contributed by atoms with van der Waals surface area (Å²) in [6.45, 7) is 1.77. The van der Waals surface area contributed by atoms with E-state index >= 15 is 0 Å². The lowest BCUT2D eigenvalue weighted by Gasteiger charge is -2.02. The Kier molecular flexibility index (Phi) is 1.77. The molecule has 1 N–H and O–H groups in total. The topological polar surface area (TPSA) is 58.6 Å². The van der Waals surface area contributed by atoms with Gasteiger partial charge in [0.1, 0.15) is 5.82 Å². The fraction of sp³-hybridized carbons (Fsp3) is 0.0833. The molecule has 0 radical (unpaired) electrons. The molecule has 3 aromatic rings. The van der Waals surface area contributed by atoms with Crippen LogP contribution in [0.25, 0.3) is 21.8 Å². The number of fused-ring (bicyclic) bond motifs is 3. The molecular formula is C12H9N3O. The van der Waals surface area contributed by atoms with Crippen LogP contribution in [0.3, 0.4) is 0 Å². The highest BCUT2D eigenvalue weighted by Gasteiger charge is 2.06. The number of aryl methyl sites for hydroxylation is 1. The minimum absolute atomic E-state index is 0.110. The predicted octanol–water partition coefficient (Wildman–Crippen LogP) is 1.78. The fourth-order valence-corrected chi connectivity index (χ4v) is 1.91. The van der Waals surface area contributed by atoms with Gasteiger partial charge in [0.25, 0.3) is 5.56 Å². The van der Waals surface area contributed by atoms with Gasteiger partial charge in [-0.2, -0.15) is 0 Å². The Morgan fingerprint density at radius 1 is 1.19 bits per heavy atom. The summed E-state index contributed by atoms with van der Waals surface area (Å²) in [6.07, 6.45) is 1.71. The van der Waals surface area contributed by atoms with Crippen LogP contribution in [0, 0.1) is 6.92 Å². The maximum absolute atomic E-state index is 11.9. The maximum atomic E-state index is 11.9. The van der Waals surface area contributed by atoms with Crippen LogP contribution in [-0.4, -0.2) is 15.0 Å². The van der Waals surface area contributed by atoms with Gasteiger partial charge in [0.2, 0.25) is 0 Å². The van der Waals surface area contributed by atoms with Gasteiger partial charge in [0.05, 0.1) is 16.4 Å². The third-order valence-corrected chi connectivity index (χ3v) is 2.57. The summed E-state index contributed by atoms with van der Waals surface area (Å²) in [7, 11) is 0. The van der Waals surface area contributed by atoms with Crippen LogP contribution in [0.5, 0.6) is 0 Å². The van der Waals surface area contributed by atoms with E-state index in [9.17, 15) is 4.79 Å². The van der Waals surface area contributed by atoms with Crippen LogP contribution in [0.1, 0.15) is 5.82 Å². The van der Waals surface area contributed by atoms with Crippen molar-refractivity contribution in [2.24, 2.45) is 0 Å². The van der Waals surface area contributed by atoms with Crippen LogP contribution in [0.2, 0.25) is 0 Å². The second-order valence-corrected chi connectivity index (χ2v) is 3.68. The molecule has 0 aliphatic rings. The molecule has 3 rings (SSSR count). The zero-order valence-electron chi connectivity index (χ0n) is 8.69. The lowest BCUT2D eigenvalue weighted by Crippen LogP contribution is -2.10. The van der Waals surface area contributed by atoms with Crippen molar-refractivity contribution < 1.29 is 0 Å². The third kappa shape index (κ3) is 1.20. The SMILES string of the molecule is Cc1nc2ccc3ncccc3c2c(=O)[nH]1. The van der Waals surface area contributed by atoms with E-state index in [0.717, 1.165) is 10.9 Å². The summed E-state index contributed by atoms with van der Waals surface area (Å²) in [5.41, 5.74) is 1.41. The Labute approximate surface area is 91.0 Å².